The molecule has 1 unspecified atom stereocenters. The first kappa shape index (κ1) is 20.4. The number of amides is 1. The molecular formula is C23H23ClN2O4. The Morgan fingerprint density at radius 3 is 2.53 bits per heavy atom. The van der Waals surface area contributed by atoms with Crippen molar-refractivity contribution in [1.29, 1.82) is 0 Å². The summed E-state index contributed by atoms with van der Waals surface area (Å²) in [6, 6.07) is 11.8. The van der Waals surface area contributed by atoms with Crippen molar-refractivity contribution >= 4 is 28.5 Å². The van der Waals surface area contributed by atoms with Gasteiger partial charge in [-0.3, -0.25) is 9.59 Å². The van der Waals surface area contributed by atoms with Crippen molar-refractivity contribution in [3.8, 4) is 5.75 Å². The van der Waals surface area contributed by atoms with E-state index in [2.05, 4.69) is 4.90 Å². The van der Waals surface area contributed by atoms with Crippen LogP contribution in [0.3, 0.4) is 0 Å². The van der Waals surface area contributed by atoms with E-state index in [1.54, 1.807) is 30.2 Å². The van der Waals surface area contributed by atoms with Gasteiger partial charge in [-0.05, 0) is 63.0 Å². The van der Waals surface area contributed by atoms with Gasteiger partial charge in [-0.15, -0.1) is 0 Å². The summed E-state index contributed by atoms with van der Waals surface area (Å²) < 4.78 is 11.2. The zero-order valence-corrected chi connectivity index (χ0v) is 17.9. The lowest BCUT2D eigenvalue weighted by Crippen LogP contribution is -2.32. The molecule has 1 amide bonds. The highest BCUT2D eigenvalue weighted by Crippen LogP contribution is 2.38. The number of fused-ring (bicyclic) bond motifs is 2. The van der Waals surface area contributed by atoms with Crippen LogP contribution in [0.15, 0.2) is 51.7 Å². The Bertz CT molecular complexity index is 1150. The van der Waals surface area contributed by atoms with Gasteiger partial charge in [0.15, 0.2) is 5.43 Å². The smallest absolute Gasteiger partial charge is 0.290 e. The van der Waals surface area contributed by atoms with Crippen LogP contribution in [0, 0.1) is 0 Å². The number of hydrogen-bond donors (Lipinski definition) is 0. The molecule has 0 saturated carbocycles. The predicted molar refractivity (Wildman–Crippen MR) is 117 cm³/mol. The van der Waals surface area contributed by atoms with Crippen molar-refractivity contribution in [2.45, 2.75) is 12.5 Å². The van der Waals surface area contributed by atoms with E-state index in [0.717, 1.165) is 18.5 Å². The molecule has 0 bridgehead atoms. The van der Waals surface area contributed by atoms with Gasteiger partial charge < -0.3 is 19.0 Å². The zero-order valence-electron chi connectivity index (χ0n) is 17.1. The van der Waals surface area contributed by atoms with E-state index in [-0.39, 0.29) is 17.1 Å². The van der Waals surface area contributed by atoms with Gasteiger partial charge in [0.25, 0.3) is 5.91 Å². The first-order valence-corrected chi connectivity index (χ1v) is 10.1. The molecule has 0 radical (unpaired) electrons. The largest absolute Gasteiger partial charge is 0.497 e. The second-order valence-electron chi connectivity index (χ2n) is 7.65. The van der Waals surface area contributed by atoms with E-state index in [4.69, 9.17) is 20.8 Å². The normalized spacial score (nSPS) is 15.8. The maximum atomic E-state index is 13.4. The molecule has 1 aliphatic heterocycles. The standard InChI is InChI=1S/C23H23ClN2O4/c1-25(2)11-4-12-26-20(14-5-8-16(29-3)9-6-14)19-21(27)17-13-15(24)7-10-18(17)30-22(19)23(26)28/h5-10,13,20H,4,11-12H2,1-3H3. The second kappa shape index (κ2) is 8.13. The minimum atomic E-state index is -0.514. The Labute approximate surface area is 179 Å². The van der Waals surface area contributed by atoms with Crippen LogP contribution in [0.1, 0.15) is 34.1 Å². The molecule has 0 fully saturated rings. The molecule has 30 heavy (non-hydrogen) atoms. The molecule has 0 saturated heterocycles. The SMILES string of the molecule is COc1ccc(C2c3c(oc4ccc(Cl)cc4c3=O)C(=O)N2CCCN(C)C)cc1. The first-order valence-electron chi connectivity index (χ1n) is 9.76. The highest BCUT2D eigenvalue weighted by Gasteiger charge is 2.42. The van der Waals surface area contributed by atoms with Gasteiger partial charge in [-0.2, -0.15) is 0 Å². The summed E-state index contributed by atoms with van der Waals surface area (Å²) in [5, 5.41) is 0.825. The first-order chi connectivity index (χ1) is 14.4. The Balaban J connectivity index is 1.86. The summed E-state index contributed by atoms with van der Waals surface area (Å²) in [6.07, 6.45) is 0.777. The fraction of sp³-hybridized carbons (Fsp3) is 0.304. The number of nitrogens with zero attached hydrogens (tertiary/aromatic N) is 2. The summed E-state index contributed by atoms with van der Waals surface area (Å²) in [4.78, 5) is 30.5. The molecule has 7 heteroatoms. The summed E-state index contributed by atoms with van der Waals surface area (Å²) in [5.74, 6) is 0.554. The lowest BCUT2D eigenvalue weighted by atomic mass is 9.98. The van der Waals surface area contributed by atoms with Gasteiger partial charge in [0.1, 0.15) is 11.3 Å². The molecule has 3 aromatic rings. The van der Waals surface area contributed by atoms with Crippen LogP contribution in [0.2, 0.25) is 5.02 Å². The Morgan fingerprint density at radius 1 is 1.13 bits per heavy atom. The molecule has 2 aromatic carbocycles. The van der Waals surface area contributed by atoms with Crippen molar-refractivity contribution < 1.29 is 13.9 Å². The molecule has 1 atom stereocenters. The number of ether oxygens (including phenoxy) is 1. The third-order valence-electron chi connectivity index (χ3n) is 5.36. The molecule has 1 aromatic heterocycles. The van der Waals surface area contributed by atoms with E-state index >= 15 is 0 Å². The van der Waals surface area contributed by atoms with E-state index in [1.165, 1.54) is 0 Å². The highest BCUT2D eigenvalue weighted by molar-refractivity contribution is 6.31. The topological polar surface area (TPSA) is 63.0 Å². The van der Waals surface area contributed by atoms with Crippen LogP contribution in [-0.2, 0) is 0 Å². The Hall–Kier alpha value is -2.83. The van der Waals surface area contributed by atoms with Crippen LogP contribution in [0.4, 0.5) is 0 Å². The number of carbonyl (C=O) groups is 1. The van der Waals surface area contributed by atoms with Crippen molar-refractivity contribution in [2.75, 3.05) is 34.3 Å². The highest BCUT2D eigenvalue weighted by atomic mass is 35.5. The maximum Gasteiger partial charge on any atom is 0.290 e. The third-order valence-corrected chi connectivity index (χ3v) is 5.60. The molecule has 0 spiro atoms. The summed E-state index contributed by atoms with van der Waals surface area (Å²) in [7, 11) is 5.58. The van der Waals surface area contributed by atoms with Crippen LogP contribution in [0.5, 0.6) is 5.75 Å². The third kappa shape index (κ3) is 3.57. The molecular weight excluding hydrogens is 404 g/mol. The molecule has 0 aliphatic carbocycles. The number of carbonyl (C=O) groups excluding carboxylic acids is 1. The Morgan fingerprint density at radius 2 is 1.87 bits per heavy atom. The van der Waals surface area contributed by atoms with Gasteiger partial charge >= 0.3 is 0 Å². The van der Waals surface area contributed by atoms with Crippen molar-refractivity contribution in [3.63, 3.8) is 0 Å². The average Bonchev–Trinajstić information content (AvgIpc) is 3.01. The molecule has 4 rings (SSSR count). The number of rotatable bonds is 6. The minimum absolute atomic E-state index is 0.112. The van der Waals surface area contributed by atoms with Crippen LogP contribution in [-0.4, -0.2) is 50.0 Å². The van der Waals surface area contributed by atoms with E-state index in [0.29, 0.717) is 33.8 Å². The van der Waals surface area contributed by atoms with Gasteiger partial charge in [0.2, 0.25) is 5.76 Å². The van der Waals surface area contributed by atoms with Gasteiger partial charge in [-0.25, -0.2) is 0 Å². The fourth-order valence-electron chi connectivity index (χ4n) is 3.91. The summed E-state index contributed by atoms with van der Waals surface area (Å²) >= 11 is 6.11. The quantitative estimate of drug-likeness (QED) is 0.597. The van der Waals surface area contributed by atoms with E-state index < -0.39 is 6.04 Å². The van der Waals surface area contributed by atoms with Crippen LogP contribution < -0.4 is 10.2 Å². The van der Waals surface area contributed by atoms with Crippen molar-refractivity contribution in [1.82, 2.24) is 9.80 Å². The lowest BCUT2D eigenvalue weighted by molar-refractivity contribution is 0.0722. The average molecular weight is 427 g/mol. The minimum Gasteiger partial charge on any atom is -0.497 e. The zero-order chi connectivity index (χ0) is 21.4. The lowest BCUT2D eigenvalue weighted by Gasteiger charge is -2.25. The molecule has 2 heterocycles. The van der Waals surface area contributed by atoms with Crippen LogP contribution >= 0.6 is 11.6 Å². The van der Waals surface area contributed by atoms with Gasteiger partial charge in [0.05, 0.1) is 24.1 Å². The van der Waals surface area contributed by atoms with Gasteiger partial charge in [-0.1, -0.05) is 23.7 Å². The maximum absolute atomic E-state index is 13.4. The van der Waals surface area contributed by atoms with E-state index in [1.807, 2.05) is 38.4 Å². The van der Waals surface area contributed by atoms with Crippen LogP contribution in [0.25, 0.3) is 11.0 Å². The van der Waals surface area contributed by atoms with Crippen molar-refractivity contribution in [2.24, 2.45) is 0 Å². The second-order valence-corrected chi connectivity index (χ2v) is 8.08. The number of hydrogen-bond acceptors (Lipinski definition) is 5. The molecule has 156 valence electrons. The number of benzene rings is 2. The fourth-order valence-corrected chi connectivity index (χ4v) is 4.09. The molecule has 1 aliphatic rings. The molecule has 6 nitrogen and oxygen atoms in total. The number of methoxy groups -OCH3 is 1. The number of halogens is 1. The van der Waals surface area contributed by atoms with E-state index in [9.17, 15) is 9.59 Å². The van der Waals surface area contributed by atoms with Crippen molar-refractivity contribution in [3.05, 3.63) is 74.6 Å². The summed E-state index contributed by atoms with van der Waals surface area (Å²) in [5.41, 5.74) is 1.34. The van der Waals surface area contributed by atoms with Gasteiger partial charge in [0, 0.05) is 11.6 Å². The Kier molecular flexibility index (Phi) is 5.54. The molecule has 0 N–H and O–H groups in total. The predicted octanol–water partition coefficient (Wildman–Crippen LogP) is 3.95. The monoisotopic (exact) mass is 426 g/mol. The summed E-state index contributed by atoms with van der Waals surface area (Å²) in [6.45, 7) is 1.34.